The van der Waals surface area contributed by atoms with E-state index in [0.717, 1.165) is 36.9 Å². The fourth-order valence-corrected chi connectivity index (χ4v) is 3.44. The second kappa shape index (κ2) is 4.98. The average molecular weight is 267 g/mol. The lowest BCUT2D eigenvalue weighted by molar-refractivity contribution is 0.547. The molecular formula is C16H14FN3. The van der Waals surface area contributed by atoms with Crippen molar-refractivity contribution in [2.45, 2.75) is 37.8 Å². The van der Waals surface area contributed by atoms with E-state index in [4.69, 9.17) is 10.5 Å². The van der Waals surface area contributed by atoms with Crippen LogP contribution in [0.3, 0.4) is 0 Å². The van der Waals surface area contributed by atoms with Crippen LogP contribution in [0.1, 0.15) is 25.7 Å². The van der Waals surface area contributed by atoms with Crippen LogP contribution < -0.4 is 4.90 Å². The lowest BCUT2D eigenvalue weighted by Crippen LogP contribution is -2.40. The number of allylic oxidation sites excluding steroid dienone is 1. The normalized spacial score (nSPS) is 24.1. The minimum atomic E-state index is -0.227. The fourth-order valence-electron chi connectivity index (χ4n) is 3.44. The summed E-state index contributed by atoms with van der Waals surface area (Å²) in [5.41, 5.74) is 2.30. The standard InChI is InChI=1S/C16H14FN3/c17-13-1-3-14(4-2-13)20-15-5-6-16(20)8-11(7-15)12(9-18)10-19/h1-4,15-16H,5-8H2/t15-,16+. The monoisotopic (exact) mass is 267 g/mol. The lowest BCUT2D eigenvalue weighted by Gasteiger charge is -2.38. The topological polar surface area (TPSA) is 50.8 Å². The Morgan fingerprint density at radius 2 is 1.60 bits per heavy atom. The summed E-state index contributed by atoms with van der Waals surface area (Å²) >= 11 is 0. The van der Waals surface area contributed by atoms with Gasteiger partial charge in [-0.3, -0.25) is 0 Å². The molecule has 0 aromatic heterocycles. The maximum Gasteiger partial charge on any atom is 0.129 e. The van der Waals surface area contributed by atoms with Crippen LogP contribution in [0.2, 0.25) is 0 Å². The zero-order valence-electron chi connectivity index (χ0n) is 11.0. The minimum absolute atomic E-state index is 0.227. The summed E-state index contributed by atoms with van der Waals surface area (Å²) in [7, 11) is 0. The maximum absolute atomic E-state index is 13.0. The maximum atomic E-state index is 13.0. The van der Waals surface area contributed by atoms with Crippen molar-refractivity contribution in [3.63, 3.8) is 0 Å². The Balaban J connectivity index is 1.90. The molecule has 0 N–H and O–H groups in total. The van der Waals surface area contributed by atoms with Gasteiger partial charge in [0.2, 0.25) is 0 Å². The third kappa shape index (κ3) is 2.04. The Morgan fingerprint density at radius 1 is 1.05 bits per heavy atom. The Bertz CT molecular complexity index is 601. The summed E-state index contributed by atoms with van der Waals surface area (Å²) < 4.78 is 13.0. The zero-order valence-corrected chi connectivity index (χ0v) is 11.0. The van der Waals surface area contributed by atoms with Gasteiger partial charge in [0.25, 0.3) is 0 Å². The van der Waals surface area contributed by atoms with E-state index in [2.05, 4.69) is 4.90 Å². The van der Waals surface area contributed by atoms with Gasteiger partial charge in [-0.25, -0.2) is 4.39 Å². The first kappa shape index (κ1) is 12.7. The van der Waals surface area contributed by atoms with E-state index >= 15 is 0 Å². The molecule has 2 bridgehead atoms. The van der Waals surface area contributed by atoms with Gasteiger partial charge in [0, 0.05) is 17.8 Å². The first-order valence-electron chi connectivity index (χ1n) is 6.79. The average Bonchev–Trinajstić information content (AvgIpc) is 2.72. The van der Waals surface area contributed by atoms with Crippen molar-refractivity contribution in [2.24, 2.45) is 0 Å². The molecule has 2 aliphatic rings. The SMILES string of the molecule is N#CC(C#N)=C1C[C@H]2CC[C@@H](C1)N2c1ccc(F)cc1. The Morgan fingerprint density at radius 3 is 2.10 bits per heavy atom. The Kier molecular flexibility index (Phi) is 3.16. The second-order valence-corrected chi connectivity index (χ2v) is 5.38. The molecule has 3 rings (SSSR count). The summed E-state index contributed by atoms with van der Waals surface area (Å²) in [4.78, 5) is 2.33. The number of rotatable bonds is 1. The van der Waals surface area contributed by atoms with E-state index in [1.54, 1.807) is 0 Å². The molecule has 0 spiro atoms. The molecule has 0 radical (unpaired) electrons. The van der Waals surface area contributed by atoms with Crippen LogP contribution in [0.5, 0.6) is 0 Å². The highest BCUT2D eigenvalue weighted by atomic mass is 19.1. The molecule has 0 unspecified atom stereocenters. The molecule has 2 heterocycles. The van der Waals surface area contributed by atoms with Crippen molar-refractivity contribution in [1.29, 1.82) is 10.5 Å². The first-order valence-corrected chi connectivity index (χ1v) is 6.79. The van der Waals surface area contributed by atoms with Gasteiger partial charge < -0.3 is 4.90 Å². The van der Waals surface area contributed by atoms with Gasteiger partial charge in [0.15, 0.2) is 0 Å². The van der Waals surface area contributed by atoms with Crippen LogP contribution in [0.25, 0.3) is 0 Å². The fraction of sp³-hybridized carbons (Fsp3) is 0.375. The smallest absolute Gasteiger partial charge is 0.129 e. The van der Waals surface area contributed by atoms with Crippen molar-refractivity contribution in [3.8, 4) is 12.1 Å². The van der Waals surface area contributed by atoms with Gasteiger partial charge in [-0.05, 0) is 55.5 Å². The predicted octanol–water partition coefficient (Wildman–Crippen LogP) is 3.30. The third-order valence-electron chi connectivity index (χ3n) is 4.29. The highest BCUT2D eigenvalue weighted by molar-refractivity contribution is 5.53. The van der Waals surface area contributed by atoms with Gasteiger partial charge in [-0.1, -0.05) is 0 Å². The van der Waals surface area contributed by atoms with Crippen LogP contribution in [0, 0.1) is 28.5 Å². The molecule has 3 nitrogen and oxygen atoms in total. The van der Waals surface area contributed by atoms with Gasteiger partial charge in [-0.2, -0.15) is 10.5 Å². The van der Waals surface area contributed by atoms with Gasteiger partial charge in [-0.15, -0.1) is 0 Å². The number of hydrogen-bond donors (Lipinski definition) is 0. The number of hydrogen-bond acceptors (Lipinski definition) is 3. The summed E-state index contributed by atoms with van der Waals surface area (Å²) in [5.74, 6) is -0.227. The second-order valence-electron chi connectivity index (χ2n) is 5.38. The molecule has 1 aromatic rings. The van der Waals surface area contributed by atoms with Crippen LogP contribution in [-0.2, 0) is 0 Å². The van der Waals surface area contributed by atoms with Gasteiger partial charge in [0.1, 0.15) is 23.5 Å². The van der Waals surface area contributed by atoms with E-state index < -0.39 is 0 Å². The van der Waals surface area contributed by atoms with Crippen LogP contribution in [0.15, 0.2) is 35.4 Å². The molecule has 100 valence electrons. The molecule has 0 aliphatic carbocycles. The molecule has 0 amide bonds. The largest absolute Gasteiger partial charge is 0.365 e. The number of piperidine rings is 1. The lowest BCUT2D eigenvalue weighted by atomic mass is 9.92. The van der Waals surface area contributed by atoms with E-state index in [-0.39, 0.29) is 11.4 Å². The quantitative estimate of drug-likeness (QED) is 0.733. The minimum Gasteiger partial charge on any atom is -0.365 e. The van der Waals surface area contributed by atoms with Crippen molar-refractivity contribution in [1.82, 2.24) is 0 Å². The number of benzene rings is 1. The van der Waals surface area contributed by atoms with E-state index in [0.29, 0.717) is 12.1 Å². The molecule has 2 saturated heterocycles. The van der Waals surface area contributed by atoms with E-state index in [9.17, 15) is 4.39 Å². The Labute approximate surface area is 117 Å². The number of fused-ring (bicyclic) bond motifs is 2. The molecule has 4 heteroatoms. The predicted molar refractivity (Wildman–Crippen MR) is 73.2 cm³/mol. The number of halogens is 1. The zero-order chi connectivity index (χ0) is 14.1. The molecule has 0 saturated carbocycles. The molecule has 2 aliphatic heterocycles. The molecule has 1 aromatic carbocycles. The third-order valence-corrected chi connectivity index (χ3v) is 4.29. The summed E-state index contributed by atoms with van der Waals surface area (Å²) in [6, 6.07) is 11.2. The first-order chi connectivity index (χ1) is 9.72. The van der Waals surface area contributed by atoms with Gasteiger partial charge >= 0.3 is 0 Å². The van der Waals surface area contributed by atoms with Gasteiger partial charge in [0.05, 0.1) is 0 Å². The Hall–Kier alpha value is -2.33. The molecular weight excluding hydrogens is 253 g/mol. The molecule has 2 atom stereocenters. The number of nitrogens with zero attached hydrogens (tertiary/aromatic N) is 3. The molecule has 20 heavy (non-hydrogen) atoms. The number of anilines is 1. The van der Waals surface area contributed by atoms with E-state index in [1.807, 2.05) is 24.3 Å². The highest BCUT2D eigenvalue weighted by Gasteiger charge is 2.39. The summed E-state index contributed by atoms with van der Waals surface area (Å²) in [6.45, 7) is 0. The number of nitriles is 2. The highest BCUT2D eigenvalue weighted by Crippen LogP contribution is 2.42. The van der Waals surface area contributed by atoms with Crippen LogP contribution in [-0.4, -0.2) is 12.1 Å². The van der Waals surface area contributed by atoms with E-state index in [1.165, 1.54) is 12.1 Å². The van der Waals surface area contributed by atoms with Crippen molar-refractivity contribution >= 4 is 5.69 Å². The van der Waals surface area contributed by atoms with Crippen LogP contribution in [0.4, 0.5) is 10.1 Å². The summed E-state index contributed by atoms with van der Waals surface area (Å²) in [6.07, 6.45) is 3.67. The molecule has 2 fully saturated rings. The summed E-state index contributed by atoms with van der Waals surface area (Å²) in [5, 5.41) is 18.0. The van der Waals surface area contributed by atoms with Crippen LogP contribution >= 0.6 is 0 Å². The van der Waals surface area contributed by atoms with Crippen molar-refractivity contribution in [2.75, 3.05) is 4.90 Å². The van der Waals surface area contributed by atoms with Crippen molar-refractivity contribution < 1.29 is 4.39 Å². The van der Waals surface area contributed by atoms with Crippen molar-refractivity contribution in [3.05, 3.63) is 41.2 Å².